The third-order valence-corrected chi connectivity index (χ3v) is 5.41. The number of benzene rings is 2. The predicted molar refractivity (Wildman–Crippen MR) is 111 cm³/mol. The molecule has 1 unspecified atom stereocenters. The van der Waals surface area contributed by atoms with E-state index in [4.69, 9.17) is 0 Å². The van der Waals surface area contributed by atoms with E-state index in [0.29, 0.717) is 0 Å². The molecular weight excluding hydrogens is 366 g/mol. The van der Waals surface area contributed by atoms with E-state index in [2.05, 4.69) is 16.0 Å². The van der Waals surface area contributed by atoms with E-state index in [0.717, 1.165) is 46.7 Å². The van der Waals surface area contributed by atoms with Crippen molar-refractivity contribution >= 4 is 11.6 Å². The number of phenols is 2. The Bertz CT molecular complexity index is 1110. The third kappa shape index (κ3) is 3.42. The van der Waals surface area contributed by atoms with Crippen LogP contribution in [0.25, 0.3) is 11.3 Å². The van der Waals surface area contributed by atoms with Crippen LogP contribution in [0.5, 0.6) is 11.5 Å². The topological polar surface area (TPSA) is 86.6 Å². The van der Waals surface area contributed by atoms with E-state index in [-0.39, 0.29) is 29.0 Å². The fourth-order valence-electron chi connectivity index (χ4n) is 3.86. The number of anilines is 1. The standard InChI is InChI=1S/C23H23N3O3/c1-13-12-24-15(3)25-22(13)17-6-9-20-16(10-17)5-4-14(2)26(20)23(29)19-8-7-18(27)11-21(19)28/h6-12,14,27-28H,4-5H2,1-3H3. The second-order valence-electron chi connectivity index (χ2n) is 7.56. The van der Waals surface area contributed by atoms with Crippen LogP contribution in [-0.4, -0.2) is 32.1 Å². The lowest BCUT2D eigenvalue weighted by molar-refractivity contribution is 0.0972. The summed E-state index contributed by atoms with van der Waals surface area (Å²) in [6, 6.07) is 10.1. The number of aryl methyl sites for hydroxylation is 3. The van der Waals surface area contributed by atoms with Crippen LogP contribution in [0.2, 0.25) is 0 Å². The first-order chi connectivity index (χ1) is 13.8. The zero-order chi connectivity index (χ0) is 20.7. The molecule has 0 spiro atoms. The Morgan fingerprint density at radius 1 is 1.14 bits per heavy atom. The van der Waals surface area contributed by atoms with Gasteiger partial charge in [0.15, 0.2) is 0 Å². The van der Waals surface area contributed by atoms with Gasteiger partial charge in [0, 0.05) is 29.6 Å². The monoisotopic (exact) mass is 389 g/mol. The number of aromatic hydroxyl groups is 2. The molecule has 29 heavy (non-hydrogen) atoms. The van der Waals surface area contributed by atoms with Gasteiger partial charge in [0.05, 0.1) is 11.3 Å². The van der Waals surface area contributed by atoms with Crippen LogP contribution < -0.4 is 4.90 Å². The van der Waals surface area contributed by atoms with Crippen LogP contribution in [0.1, 0.15) is 40.7 Å². The summed E-state index contributed by atoms with van der Waals surface area (Å²) < 4.78 is 0. The summed E-state index contributed by atoms with van der Waals surface area (Å²) in [7, 11) is 0. The second-order valence-corrected chi connectivity index (χ2v) is 7.56. The van der Waals surface area contributed by atoms with Gasteiger partial charge in [-0.1, -0.05) is 6.07 Å². The van der Waals surface area contributed by atoms with Gasteiger partial charge in [0.2, 0.25) is 0 Å². The maximum Gasteiger partial charge on any atom is 0.262 e. The van der Waals surface area contributed by atoms with Gasteiger partial charge in [-0.2, -0.15) is 0 Å². The second kappa shape index (κ2) is 7.20. The quantitative estimate of drug-likeness (QED) is 0.687. The SMILES string of the molecule is Cc1ncc(C)c(-c2ccc3c(c2)CCC(C)N3C(=O)c2ccc(O)cc2O)n1. The van der Waals surface area contributed by atoms with Crippen molar-refractivity contribution in [3.05, 3.63) is 65.1 Å². The first kappa shape index (κ1) is 18.9. The number of nitrogens with zero attached hydrogens (tertiary/aromatic N) is 3. The van der Waals surface area contributed by atoms with Gasteiger partial charge >= 0.3 is 0 Å². The molecule has 6 nitrogen and oxygen atoms in total. The van der Waals surface area contributed by atoms with E-state index >= 15 is 0 Å². The highest BCUT2D eigenvalue weighted by molar-refractivity contribution is 6.09. The number of carbonyl (C=O) groups excluding carboxylic acids is 1. The molecule has 6 heteroatoms. The van der Waals surface area contributed by atoms with Crippen LogP contribution >= 0.6 is 0 Å². The van der Waals surface area contributed by atoms with E-state index in [9.17, 15) is 15.0 Å². The van der Waals surface area contributed by atoms with Gasteiger partial charge in [0.1, 0.15) is 17.3 Å². The van der Waals surface area contributed by atoms with Crippen LogP contribution in [0.15, 0.2) is 42.6 Å². The van der Waals surface area contributed by atoms with Crippen molar-refractivity contribution in [2.24, 2.45) is 0 Å². The molecule has 0 saturated carbocycles. The molecule has 0 radical (unpaired) electrons. The number of carbonyl (C=O) groups is 1. The van der Waals surface area contributed by atoms with Crippen LogP contribution in [0.3, 0.4) is 0 Å². The molecule has 2 aromatic carbocycles. The van der Waals surface area contributed by atoms with Gasteiger partial charge in [-0.25, -0.2) is 9.97 Å². The van der Waals surface area contributed by atoms with E-state index in [1.807, 2.05) is 39.1 Å². The average molecular weight is 389 g/mol. The smallest absolute Gasteiger partial charge is 0.262 e. The molecule has 3 aromatic rings. The van der Waals surface area contributed by atoms with E-state index in [1.54, 1.807) is 4.90 Å². The molecule has 1 atom stereocenters. The molecule has 4 rings (SSSR count). The fraction of sp³-hybridized carbons (Fsp3) is 0.261. The molecule has 148 valence electrons. The first-order valence-corrected chi connectivity index (χ1v) is 9.64. The Morgan fingerprint density at radius 2 is 1.93 bits per heavy atom. The number of amides is 1. The minimum Gasteiger partial charge on any atom is -0.508 e. The van der Waals surface area contributed by atoms with Crippen LogP contribution in [0, 0.1) is 13.8 Å². The Hall–Kier alpha value is -3.41. The Kier molecular flexibility index (Phi) is 4.70. The largest absolute Gasteiger partial charge is 0.508 e. The van der Waals surface area contributed by atoms with Crippen molar-refractivity contribution in [3.63, 3.8) is 0 Å². The fourth-order valence-corrected chi connectivity index (χ4v) is 3.86. The van der Waals surface area contributed by atoms with Gasteiger partial charge < -0.3 is 15.1 Å². The Labute approximate surface area is 169 Å². The van der Waals surface area contributed by atoms with Crippen LogP contribution in [0.4, 0.5) is 5.69 Å². The van der Waals surface area contributed by atoms with E-state index in [1.165, 1.54) is 18.2 Å². The zero-order valence-electron chi connectivity index (χ0n) is 16.7. The number of aromatic nitrogens is 2. The lowest BCUT2D eigenvalue weighted by atomic mass is 9.93. The molecule has 0 aliphatic carbocycles. The van der Waals surface area contributed by atoms with Gasteiger partial charge in [-0.3, -0.25) is 4.79 Å². The maximum absolute atomic E-state index is 13.2. The van der Waals surface area contributed by atoms with Gasteiger partial charge in [0.25, 0.3) is 5.91 Å². The third-order valence-electron chi connectivity index (χ3n) is 5.41. The van der Waals surface area contributed by atoms with Crippen molar-refractivity contribution in [2.75, 3.05) is 4.90 Å². The zero-order valence-corrected chi connectivity index (χ0v) is 16.7. The lowest BCUT2D eigenvalue weighted by Gasteiger charge is -2.35. The van der Waals surface area contributed by atoms with Crippen molar-refractivity contribution in [1.82, 2.24) is 9.97 Å². The summed E-state index contributed by atoms with van der Waals surface area (Å²) in [5, 5.41) is 19.7. The lowest BCUT2D eigenvalue weighted by Crippen LogP contribution is -2.42. The summed E-state index contributed by atoms with van der Waals surface area (Å²) in [5.74, 6) is 0.138. The first-order valence-electron chi connectivity index (χ1n) is 9.64. The number of hydrogen-bond acceptors (Lipinski definition) is 5. The van der Waals surface area contributed by atoms with Crippen molar-refractivity contribution in [2.45, 2.75) is 39.7 Å². The summed E-state index contributed by atoms with van der Waals surface area (Å²) in [6.07, 6.45) is 3.50. The minimum atomic E-state index is -0.280. The number of rotatable bonds is 2. The average Bonchev–Trinajstić information content (AvgIpc) is 2.69. The summed E-state index contributed by atoms with van der Waals surface area (Å²) in [4.78, 5) is 23.8. The highest BCUT2D eigenvalue weighted by Gasteiger charge is 2.30. The Balaban J connectivity index is 1.76. The summed E-state index contributed by atoms with van der Waals surface area (Å²) in [5.41, 5.74) is 4.99. The number of phenolic OH excluding ortho intramolecular Hbond substituents is 2. The van der Waals surface area contributed by atoms with Crippen molar-refractivity contribution < 1.29 is 15.0 Å². The maximum atomic E-state index is 13.2. The normalized spacial score (nSPS) is 15.8. The molecule has 0 fully saturated rings. The van der Waals surface area contributed by atoms with Crippen LogP contribution in [-0.2, 0) is 6.42 Å². The molecule has 2 N–H and O–H groups in total. The molecule has 1 amide bonds. The minimum absolute atomic E-state index is 0.00270. The van der Waals surface area contributed by atoms with Crippen molar-refractivity contribution in [1.29, 1.82) is 0 Å². The van der Waals surface area contributed by atoms with Gasteiger partial charge in [-0.15, -0.1) is 0 Å². The summed E-state index contributed by atoms with van der Waals surface area (Å²) >= 11 is 0. The van der Waals surface area contributed by atoms with Gasteiger partial charge in [-0.05, 0) is 69.0 Å². The molecule has 0 bridgehead atoms. The number of fused-ring (bicyclic) bond motifs is 1. The highest BCUT2D eigenvalue weighted by Crippen LogP contribution is 2.36. The Morgan fingerprint density at radius 3 is 2.69 bits per heavy atom. The van der Waals surface area contributed by atoms with E-state index < -0.39 is 0 Å². The van der Waals surface area contributed by atoms with Crippen molar-refractivity contribution in [3.8, 4) is 22.8 Å². The molecule has 0 saturated heterocycles. The molecule has 2 heterocycles. The molecule has 1 aromatic heterocycles. The molecule has 1 aliphatic rings. The predicted octanol–water partition coefficient (Wildman–Crippen LogP) is 4.15. The summed E-state index contributed by atoms with van der Waals surface area (Å²) in [6.45, 7) is 5.86. The number of hydrogen-bond donors (Lipinski definition) is 2. The molecular formula is C23H23N3O3. The highest BCUT2D eigenvalue weighted by atomic mass is 16.3. The molecule has 1 aliphatic heterocycles.